The first-order valence-corrected chi connectivity index (χ1v) is 9.90. The molecule has 1 saturated heterocycles. The third kappa shape index (κ3) is 5.47. The second-order valence-corrected chi connectivity index (χ2v) is 7.60. The quantitative estimate of drug-likeness (QED) is 0.771. The molecule has 0 bridgehead atoms. The predicted octanol–water partition coefficient (Wildman–Crippen LogP) is 3.16. The molecule has 0 unspecified atom stereocenters. The Hall–Kier alpha value is -2.05. The van der Waals surface area contributed by atoms with Crippen LogP contribution >= 0.6 is 11.3 Å². The Morgan fingerprint density at radius 3 is 2.88 bits per heavy atom. The lowest BCUT2D eigenvalue weighted by molar-refractivity contribution is -0.123. The normalized spacial score (nSPS) is 17.7. The first-order valence-electron chi connectivity index (χ1n) is 9.02. The van der Waals surface area contributed by atoms with Crippen molar-refractivity contribution in [2.24, 2.45) is 5.92 Å². The fourth-order valence-electron chi connectivity index (χ4n) is 3.27. The van der Waals surface area contributed by atoms with E-state index in [9.17, 15) is 4.79 Å². The summed E-state index contributed by atoms with van der Waals surface area (Å²) in [6, 6.07) is 11.6. The SMILES string of the molecule is COc1ccccc1OCC(=O)NC[C@@H]1CCCN(Cc2cccs2)C1. The van der Waals surface area contributed by atoms with Crippen LogP contribution in [0.4, 0.5) is 0 Å². The molecule has 140 valence electrons. The maximum absolute atomic E-state index is 12.1. The van der Waals surface area contributed by atoms with Crippen LogP contribution < -0.4 is 14.8 Å². The van der Waals surface area contributed by atoms with Crippen LogP contribution in [0.3, 0.4) is 0 Å². The number of nitrogens with one attached hydrogen (secondary N) is 1. The van der Waals surface area contributed by atoms with Crippen LogP contribution in [-0.4, -0.2) is 44.2 Å². The zero-order valence-corrected chi connectivity index (χ0v) is 16.0. The fraction of sp³-hybridized carbons (Fsp3) is 0.450. The Morgan fingerprint density at radius 2 is 2.12 bits per heavy atom. The van der Waals surface area contributed by atoms with E-state index < -0.39 is 0 Å². The summed E-state index contributed by atoms with van der Waals surface area (Å²) >= 11 is 1.81. The van der Waals surface area contributed by atoms with Gasteiger partial charge in [0, 0.05) is 24.5 Å². The van der Waals surface area contributed by atoms with Gasteiger partial charge >= 0.3 is 0 Å². The summed E-state index contributed by atoms with van der Waals surface area (Å²) in [5.74, 6) is 1.63. The minimum Gasteiger partial charge on any atom is -0.493 e. The van der Waals surface area contributed by atoms with Crippen molar-refractivity contribution >= 4 is 17.2 Å². The molecule has 1 atom stereocenters. The van der Waals surface area contributed by atoms with Crippen LogP contribution in [0.5, 0.6) is 11.5 Å². The molecule has 1 aromatic carbocycles. The van der Waals surface area contributed by atoms with E-state index in [2.05, 4.69) is 27.7 Å². The lowest BCUT2D eigenvalue weighted by Crippen LogP contribution is -2.41. The monoisotopic (exact) mass is 374 g/mol. The average molecular weight is 375 g/mol. The lowest BCUT2D eigenvalue weighted by atomic mass is 9.98. The van der Waals surface area contributed by atoms with Gasteiger partial charge < -0.3 is 14.8 Å². The molecule has 3 rings (SSSR count). The standard InChI is InChI=1S/C20H26N2O3S/c1-24-18-8-2-3-9-19(18)25-15-20(23)21-12-16-6-4-10-22(13-16)14-17-7-5-11-26-17/h2-3,5,7-9,11,16H,4,6,10,12-15H2,1H3,(H,21,23)/t16-/m0/s1. The number of amides is 1. The zero-order chi connectivity index (χ0) is 18.2. The Morgan fingerprint density at radius 1 is 1.27 bits per heavy atom. The van der Waals surface area contributed by atoms with Gasteiger partial charge in [-0.1, -0.05) is 18.2 Å². The fourth-order valence-corrected chi connectivity index (χ4v) is 4.02. The van der Waals surface area contributed by atoms with Gasteiger partial charge in [-0.05, 0) is 48.9 Å². The molecule has 1 amide bonds. The Balaban J connectivity index is 1.39. The van der Waals surface area contributed by atoms with E-state index in [-0.39, 0.29) is 12.5 Å². The van der Waals surface area contributed by atoms with E-state index in [1.165, 1.54) is 11.3 Å². The number of thiophene rings is 1. The number of likely N-dealkylation sites (tertiary alicyclic amines) is 1. The number of para-hydroxylation sites is 2. The van der Waals surface area contributed by atoms with Crippen LogP contribution in [0.15, 0.2) is 41.8 Å². The minimum absolute atomic E-state index is 0.00596. The molecular formula is C20H26N2O3S. The van der Waals surface area contributed by atoms with E-state index in [0.717, 1.165) is 26.1 Å². The average Bonchev–Trinajstić information content (AvgIpc) is 3.18. The van der Waals surface area contributed by atoms with Gasteiger partial charge in [0.1, 0.15) is 0 Å². The third-order valence-corrected chi connectivity index (χ3v) is 5.44. The topological polar surface area (TPSA) is 50.8 Å². The van der Waals surface area contributed by atoms with Crippen molar-refractivity contribution < 1.29 is 14.3 Å². The molecule has 6 heteroatoms. The highest BCUT2D eigenvalue weighted by Gasteiger charge is 2.20. The Labute approximate surface area is 158 Å². The van der Waals surface area contributed by atoms with Crippen molar-refractivity contribution in [3.63, 3.8) is 0 Å². The van der Waals surface area contributed by atoms with Gasteiger partial charge in [-0.3, -0.25) is 9.69 Å². The van der Waals surface area contributed by atoms with E-state index in [4.69, 9.17) is 9.47 Å². The van der Waals surface area contributed by atoms with Crippen LogP contribution in [-0.2, 0) is 11.3 Å². The van der Waals surface area contributed by atoms with Crippen LogP contribution in [0.2, 0.25) is 0 Å². The van der Waals surface area contributed by atoms with Crippen LogP contribution in [0, 0.1) is 5.92 Å². The molecule has 0 aliphatic carbocycles. The van der Waals surface area contributed by atoms with Crippen LogP contribution in [0.1, 0.15) is 17.7 Å². The Bertz CT molecular complexity index is 690. The molecule has 1 N–H and O–H groups in total. The highest BCUT2D eigenvalue weighted by molar-refractivity contribution is 7.09. The molecular weight excluding hydrogens is 348 g/mol. The molecule has 0 saturated carbocycles. The van der Waals surface area contributed by atoms with E-state index in [1.54, 1.807) is 24.5 Å². The van der Waals surface area contributed by atoms with Crippen molar-refractivity contribution in [2.75, 3.05) is 33.4 Å². The van der Waals surface area contributed by atoms with Crippen molar-refractivity contribution in [3.8, 4) is 11.5 Å². The summed E-state index contributed by atoms with van der Waals surface area (Å²) in [5, 5.41) is 5.13. The molecule has 1 aliphatic rings. The zero-order valence-electron chi connectivity index (χ0n) is 15.1. The minimum atomic E-state index is -0.0914. The molecule has 1 aromatic heterocycles. The molecule has 1 fully saturated rings. The maximum Gasteiger partial charge on any atom is 0.257 e. The van der Waals surface area contributed by atoms with Gasteiger partial charge in [0.2, 0.25) is 0 Å². The molecule has 2 aromatic rings. The number of benzene rings is 1. The summed E-state index contributed by atoms with van der Waals surface area (Å²) in [5.41, 5.74) is 0. The number of carbonyl (C=O) groups is 1. The van der Waals surface area contributed by atoms with E-state index in [0.29, 0.717) is 24.0 Å². The van der Waals surface area contributed by atoms with Gasteiger partial charge in [-0.25, -0.2) is 0 Å². The number of ether oxygens (including phenoxy) is 2. The van der Waals surface area contributed by atoms with Crippen molar-refractivity contribution in [2.45, 2.75) is 19.4 Å². The second-order valence-electron chi connectivity index (χ2n) is 6.57. The number of methoxy groups -OCH3 is 1. The van der Waals surface area contributed by atoms with Gasteiger partial charge in [0.05, 0.1) is 7.11 Å². The van der Waals surface area contributed by atoms with E-state index >= 15 is 0 Å². The predicted molar refractivity (Wildman–Crippen MR) is 104 cm³/mol. The summed E-state index contributed by atoms with van der Waals surface area (Å²) in [4.78, 5) is 16.0. The number of hydrogen-bond acceptors (Lipinski definition) is 5. The van der Waals surface area contributed by atoms with Gasteiger partial charge in [-0.2, -0.15) is 0 Å². The smallest absolute Gasteiger partial charge is 0.257 e. The summed E-state index contributed by atoms with van der Waals surface area (Å²) in [6.07, 6.45) is 2.35. The number of carbonyl (C=O) groups excluding carboxylic acids is 1. The molecule has 2 heterocycles. The summed E-state index contributed by atoms with van der Waals surface area (Å²) < 4.78 is 10.8. The molecule has 1 aliphatic heterocycles. The Kier molecular flexibility index (Phi) is 6.91. The third-order valence-electron chi connectivity index (χ3n) is 4.58. The number of hydrogen-bond donors (Lipinski definition) is 1. The highest BCUT2D eigenvalue weighted by atomic mass is 32.1. The molecule has 5 nitrogen and oxygen atoms in total. The lowest BCUT2D eigenvalue weighted by Gasteiger charge is -2.32. The molecule has 26 heavy (non-hydrogen) atoms. The van der Waals surface area contributed by atoms with Crippen molar-refractivity contribution in [3.05, 3.63) is 46.7 Å². The molecule has 0 radical (unpaired) electrons. The maximum atomic E-state index is 12.1. The van der Waals surface area contributed by atoms with Gasteiger partial charge in [0.15, 0.2) is 18.1 Å². The number of rotatable bonds is 8. The second kappa shape index (κ2) is 9.59. The van der Waals surface area contributed by atoms with Crippen molar-refractivity contribution in [1.29, 1.82) is 0 Å². The van der Waals surface area contributed by atoms with Gasteiger partial charge in [-0.15, -0.1) is 11.3 Å². The number of nitrogens with zero attached hydrogens (tertiary/aromatic N) is 1. The van der Waals surface area contributed by atoms with Crippen LogP contribution in [0.25, 0.3) is 0 Å². The first-order chi connectivity index (χ1) is 12.7. The first kappa shape index (κ1) is 18.7. The summed E-state index contributed by atoms with van der Waals surface area (Å²) in [7, 11) is 1.59. The van der Waals surface area contributed by atoms with E-state index in [1.807, 2.05) is 18.2 Å². The van der Waals surface area contributed by atoms with Gasteiger partial charge in [0.25, 0.3) is 5.91 Å². The molecule has 0 spiro atoms. The largest absolute Gasteiger partial charge is 0.493 e. The summed E-state index contributed by atoms with van der Waals surface area (Å²) in [6.45, 7) is 3.89. The highest BCUT2D eigenvalue weighted by Crippen LogP contribution is 2.25. The van der Waals surface area contributed by atoms with Crippen molar-refractivity contribution in [1.82, 2.24) is 10.2 Å². The number of piperidine rings is 1.